The van der Waals surface area contributed by atoms with Crippen LogP contribution in [-0.2, 0) is 6.54 Å². The van der Waals surface area contributed by atoms with Crippen molar-refractivity contribution in [2.45, 2.75) is 18.4 Å². The Labute approximate surface area is 115 Å². The van der Waals surface area contributed by atoms with Crippen LogP contribution < -0.4 is 5.32 Å². The van der Waals surface area contributed by atoms with E-state index in [1.807, 2.05) is 12.1 Å². The van der Waals surface area contributed by atoms with Gasteiger partial charge in [-0.2, -0.15) is 3.89 Å². The Hall–Kier alpha value is -1.26. The van der Waals surface area contributed by atoms with Crippen LogP contribution in [0.2, 0.25) is 0 Å². The van der Waals surface area contributed by atoms with Crippen LogP contribution in [-0.4, -0.2) is 0 Å². The lowest BCUT2D eigenvalue weighted by atomic mass is 10.2. The summed E-state index contributed by atoms with van der Waals surface area (Å²) in [7, 11) is 0. The van der Waals surface area contributed by atoms with E-state index in [0.717, 1.165) is 17.8 Å². The van der Waals surface area contributed by atoms with Gasteiger partial charge in [0.25, 0.3) is 0 Å². The molecule has 2 rings (SSSR count). The lowest BCUT2D eigenvalue weighted by Gasteiger charge is -2.09. The number of nitrogens with one attached hydrogen (secondary N) is 1. The van der Waals surface area contributed by atoms with Gasteiger partial charge in [0, 0.05) is 26.9 Å². The summed E-state index contributed by atoms with van der Waals surface area (Å²) >= 11 is 2.02. The largest absolute Gasteiger partial charge is 0.380 e. The van der Waals surface area contributed by atoms with E-state index in [9.17, 15) is 3.89 Å². The van der Waals surface area contributed by atoms with E-state index in [0.29, 0.717) is 4.90 Å². The maximum Gasteiger partial charge on any atom is 0.0812 e. The molecule has 0 aliphatic carbocycles. The quantitative estimate of drug-likeness (QED) is 0.844. The Bertz CT molecular complexity index is 548. The molecule has 0 amide bonds. The van der Waals surface area contributed by atoms with Crippen molar-refractivity contribution in [3.63, 3.8) is 0 Å². The van der Waals surface area contributed by atoms with Crippen molar-refractivity contribution in [3.05, 3.63) is 58.3 Å². The first kappa shape index (κ1) is 13.2. The highest BCUT2D eigenvalue weighted by atomic mass is 32.2. The summed E-state index contributed by atoms with van der Waals surface area (Å²) < 4.78 is 12.5. The van der Waals surface area contributed by atoms with Crippen LogP contribution in [0.4, 0.5) is 3.89 Å². The normalized spacial score (nSPS) is 10.3. The fourth-order valence-corrected chi connectivity index (χ4v) is 2.74. The molecule has 1 aromatic heterocycles. The molecule has 1 nitrogen and oxygen atoms in total. The summed E-state index contributed by atoms with van der Waals surface area (Å²) in [4.78, 5) is 3.17. The lowest BCUT2D eigenvalue weighted by molar-refractivity contribution is 0.908. The van der Waals surface area contributed by atoms with Gasteiger partial charge in [0.05, 0.1) is 12.1 Å². The second-order valence-corrected chi connectivity index (χ2v) is 5.95. The minimum atomic E-state index is 0.251. The second-order valence-electron chi connectivity index (χ2n) is 3.95. The van der Waals surface area contributed by atoms with Gasteiger partial charge in [0.15, 0.2) is 0 Å². The predicted molar refractivity (Wildman–Crippen MR) is 78.3 cm³/mol. The molecule has 0 radical (unpaired) electrons. The monoisotopic (exact) mass is 279 g/mol. The Balaban J connectivity index is 1.99. The molecule has 0 saturated carbocycles. The molecule has 2 aromatic rings. The predicted octanol–water partition coefficient (Wildman–Crippen LogP) is 4.79. The van der Waals surface area contributed by atoms with Crippen LogP contribution in [0.5, 0.6) is 0 Å². The summed E-state index contributed by atoms with van der Waals surface area (Å²) in [6, 6.07) is 11.5. The van der Waals surface area contributed by atoms with Crippen LogP contribution in [0.25, 0.3) is 5.70 Å². The maximum absolute atomic E-state index is 12.5. The molecule has 18 heavy (non-hydrogen) atoms. The minimum absolute atomic E-state index is 0.251. The summed E-state index contributed by atoms with van der Waals surface area (Å²) in [5.74, 6) is 0. The summed E-state index contributed by atoms with van der Waals surface area (Å²) in [6.07, 6.45) is 0. The SMILES string of the molecule is C=C(NCc1ccc(C)s1)c1cccc(SF)c1. The molecule has 0 aliphatic heterocycles. The van der Waals surface area contributed by atoms with Gasteiger partial charge in [-0.25, -0.2) is 0 Å². The van der Waals surface area contributed by atoms with Crippen LogP contribution in [0.1, 0.15) is 15.3 Å². The van der Waals surface area contributed by atoms with Gasteiger partial charge in [-0.15, -0.1) is 11.3 Å². The van der Waals surface area contributed by atoms with Crippen LogP contribution in [0, 0.1) is 6.92 Å². The van der Waals surface area contributed by atoms with Crippen molar-refractivity contribution >= 4 is 29.2 Å². The molecule has 0 bridgehead atoms. The van der Waals surface area contributed by atoms with E-state index < -0.39 is 0 Å². The Morgan fingerprint density at radius 2 is 2.22 bits per heavy atom. The Kier molecular flexibility index (Phi) is 4.44. The summed E-state index contributed by atoms with van der Waals surface area (Å²) in [5.41, 5.74) is 1.74. The first-order valence-corrected chi connectivity index (χ1v) is 7.09. The fourth-order valence-electron chi connectivity index (χ4n) is 1.61. The van der Waals surface area contributed by atoms with Crippen LogP contribution in [0.3, 0.4) is 0 Å². The van der Waals surface area contributed by atoms with Crippen molar-refractivity contribution < 1.29 is 3.89 Å². The number of hydrogen-bond acceptors (Lipinski definition) is 3. The van der Waals surface area contributed by atoms with E-state index in [4.69, 9.17) is 0 Å². The number of rotatable bonds is 5. The van der Waals surface area contributed by atoms with Crippen molar-refractivity contribution in [1.82, 2.24) is 5.32 Å². The molecule has 1 heterocycles. The topological polar surface area (TPSA) is 12.0 Å². The molecule has 0 spiro atoms. The maximum atomic E-state index is 12.5. The lowest BCUT2D eigenvalue weighted by Crippen LogP contribution is -2.09. The third-order valence-corrected chi connectivity index (χ3v) is 3.98. The van der Waals surface area contributed by atoms with E-state index in [1.165, 1.54) is 9.75 Å². The smallest absolute Gasteiger partial charge is 0.0812 e. The van der Waals surface area contributed by atoms with Gasteiger partial charge >= 0.3 is 0 Å². The molecule has 0 unspecified atom stereocenters. The van der Waals surface area contributed by atoms with Crippen molar-refractivity contribution in [2.75, 3.05) is 0 Å². The van der Waals surface area contributed by atoms with E-state index >= 15 is 0 Å². The van der Waals surface area contributed by atoms with E-state index in [-0.39, 0.29) is 12.1 Å². The van der Waals surface area contributed by atoms with Gasteiger partial charge < -0.3 is 5.32 Å². The van der Waals surface area contributed by atoms with Gasteiger partial charge in [0.1, 0.15) is 0 Å². The molecular weight excluding hydrogens is 265 g/mol. The number of benzene rings is 1. The minimum Gasteiger partial charge on any atom is -0.380 e. The number of halogens is 1. The average Bonchev–Trinajstić information content (AvgIpc) is 2.82. The van der Waals surface area contributed by atoms with Crippen LogP contribution >= 0.6 is 23.5 Å². The third kappa shape index (κ3) is 3.37. The molecule has 4 heteroatoms. The first-order chi connectivity index (χ1) is 8.69. The molecule has 1 aromatic carbocycles. The van der Waals surface area contributed by atoms with Gasteiger partial charge in [-0.3, -0.25) is 0 Å². The van der Waals surface area contributed by atoms with Crippen molar-refractivity contribution in [2.24, 2.45) is 0 Å². The second kappa shape index (κ2) is 6.07. The molecule has 0 aliphatic rings. The zero-order valence-electron chi connectivity index (χ0n) is 10.1. The summed E-state index contributed by atoms with van der Waals surface area (Å²) in [5, 5.41) is 3.26. The molecule has 1 N–H and O–H groups in total. The highest BCUT2D eigenvalue weighted by molar-refractivity contribution is 7.94. The van der Waals surface area contributed by atoms with Gasteiger partial charge in [-0.1, -0.05) is 18.7 Å². The zero-order valence-corrected chi connectivity index (χ0v) is 11.7. The first-order valence-electron chi connectivity index (χ1n) is 5.56. The van der Waals surface area contributed by atoms with E-state index in [1.54, 1.807) is 23.5 Å². The third-order valence-electron chi connectivity index (χ3n) is 2.54. The fraction of sp³-hybridized carbons (Fsp3) is 0.143. The molecular formula is C14H14FNS2. The zero-order chi connectivity index (χ0) is 13.0. The molecule has 0 saturated heterocycles. The highest BCUT2D eigenvalue weighted by Crippen LogP contribution is 2.22. The van der Waals surface area contributed by atoms with Crippen LogP contribution in [0.15, 0.2) is 47.9 Å². The highest BCUT2D eigenvalue weighted by Gasteiger charge is 2.02. The number of hydrogen-bond donors (Lipinski definition) is 1. The van der Waals surface area contributed by atoms with Crippen molar-refractivity contribution in [1.29, 1.82) is 0 Å². The Morgan fingerprint density at radius 3 is 2.89 bits per heavy atom. The molecule has 0 atom stereocenters. The number of aryl methyl sites for hydroxylation is 1. The van der Waals surface area contributed by atoms with Crippen molar-refractivity contribution in [3.8, 4) is 0 Å². The molecule has 94 valence electrons. The van der Waals surface area contributed by atoms with Gasteiger partial charge in [-0.05, 0) is 36.8 Å². The standard InChI is InChI=1S/C14H14FNS2/c1-10-6-7-14(17-10)9-16-11(2)12-4-3-5-13(8-12)18-15/h3-8,16H,2,9H2,1H3. The molecule has 0 fully saturated rings. The summed E-state index contributed by atoms with van der Waals surface area (Å²) in [6.45, 7) is 6.83. The van der Waals surface area contributed by atoms with Gasteiger partial charge in [0.2, 0.25) is 0 Å². The Morgan fingerprint density at radius 1 is 1.39 bits per heavy atom. The average molecular weight is 279 g/mol. The van der Waals surface area contributed by atoms with E-state index in [2.05, 4.69) is 31.0 Å². The number of thiophene rings is 1.